The van der Waals surface area contributed by atoms with Crippen molar-refractivity contribution in [3.8, 4) is 0 Å². The number of hydrogen-bond acceptors (Lipinski definition) is 1. The van der Waals surface area contributed by atoms with Gasteiger partial charge in [0.25, 0.3) is 0 Å². The van der Waals surface area contributed by atoms with Crippen molar-refractivity contribution in [1.29, 1.82) is 0 Å². The molecule has 1 heteroatoms. The van der Waals surface area contributed by atoms with Crippen molar-refractivity contribution in [2.45, 2.75) is 58.9 Å². The van der Waals surface area contributed by atoms with Gasteiger partial charge in [0.15, 0.2) is 0 Å². The van der Waals surface area contributed by atoms with Crippen LogP contribution < -0.4 is 5.32 Å². The third kappa shape index (κ3) is 6.80. The summed E-state index contributed by atoms with van der Waals surface area (Å²) in [4.78, 5) is 0. The summed E-state index contributed by atoms with van der Waals surface area (Å²) >= 11 is 0. The molecule has 0 aliphatic carbocycles. The van der Waals surface area contributed by atoms with Crippen LogP contribution in [0.2, 0.25) is 0 Å². The Morgan fingerprint density at radius 2 is 1.72 bits per heavy atom. The predicted molar refractivity (Wildman–Crippen MR) is 80.9 cm³/mol. The Labute approximate surface area is 113 Å². The van der Waals surface area contributed by atoms with E-state index in [0.717, 1.165) is 0 Å². The lowest BCUT2D eigenvalue weighted by molar-refractivity contribution is 0.342. The molecule has 1 rings (SSSR count). The molecule has 0 aliphatic heterocycles. The van der Waals surface area contributed by atoms with Gasteiger partial charge in [0.05, 0.1) is 0 Å². The van der Waals surface area contributed by atoms with Crippen molar-refractivity contribution in [2.24, 2.45) is 5.41 Å². The average molecular weight is 247 g/mol. The maximum Gasteiger partial charge on any atom is 0.00672 e. The lowest BCUT2D eigenvalue weighted by Crippen LogP contribution is -2.26. The lowest BCUT2D eigenvalue weighted by Gasteiger charge is -2.21. The van der Waals surface area contributed by atoms with Crippen molar-refractivity contribution in [3.05, 3.63) is 35.9 Å². The molecule has 0 radical (unpaired) electrons. The summed E-state index contributed by atoms with van der Waals surface area (Å²) in [5, 5.41) is 3.46. The molecular weight excluding hydrogens is 218 g/mol. The Bertz CT molecular complexity index is 310. The zero-order chi connectivity index (χ0) is 13.4. The van der Waals surface area contributed by atoms with Crippen molar-refractivity contribution in [2.75, 3.05) is 7.05 Å². The third-order valence-electron chi connectivity index (χ3n) is 3.51. The van der Waals surface area contributed by atoms with Crippen LogP contribution in [-0.4, -0.2) is 13.1 Å². The first-order valence-corrected chi connectivity index (χ1v) is 7.22. The second-order valence-corrected chi connectivity index (χ2v) is 6.46. The van der Waals surface area contributed by atoms with Gasteiger partial charge in [-0.25, -0.2) is 0 Å². The fourth-order valence-corrected chi connectivity index (χ4v) is 2.30. The highest BCUT2D eigenvalue weighted by Gasteiger charge is 2.12. The van der Waals surface area contributed by atoms with E-state index in [1.54, 1.807) is 0 Å². The quantitative estimate of drug-likeness (QED) is 0.752. The molecule has 0 aromatic heterocycles. The van der Waals surface area contributed by atoms with Gasteiger partial charge in [0, 0.05) is 6.04 Å². The number of rotatable bonds is 7. The first-order valence-electron chi connectivity index (χ1n) is 7.22. The Morgan fingerprint density at radius 1 is 1.06 bits per heavy atom. The van der Waals surface area contributed by atoms with E-state index in [1.807, 2.05) is 0 Å². The highest BCUT2D eigenvalue weighted by molar-refractivity contribution is 5.14. The van der Waals surface area contributed by atoms with Gasteiger partial charge in [0.1, 0.15) is 0 Å². The van der Waals surface area contributed by atoms with Crippen molar-refractivity contribution in [3.63, 3.8) is 0 Å². The van der Waals surface area contributed by atoms with Crippen LogP contribution in [0.1, 0.15) is 52.0 Å². The Kier molecular flexibility index (Phi) is 6.42. The van der Waals surface area contributed by atoms with Crippen LogP contribution in [0.3, 0.4) is 0 Å². The van der Waals surface area contributed by atoms with Gasteiger partial charge < -0.3 is 5.32 Å². The summed E-state index contributed by atoms with van der Waals surface area (Å²) in [6.07, 6.45) is 6.35. The molecule has 0 amide bonds. The van der Waals surface area contributed by atoms with Crippen LogP contribution in [0, 0.1) is 5.41 Å². The van der Waals surface area contributed by atoms with Gasteiger partial charge in [-0.3, -0.25) is 0 Å². The van der Waals surface area contributed by atoms with E-state index in [9.17, 15) is 0 Å². The molecule has 1 unspecified atom stereocenters. The first-order chi connectivity index (χ1) is 8.51. The van der Waals surface area contributed by atoms with Gasteiger partial charge in [-0.15, -0.1) is 0 Å². The minimum atomic E-state index is 0.470. The maximum absolute atomic E-state index is 3.46. The van der Waals surface area contributed by atoms with E-state index in [2.05, 4.69) is 63.5 Å². The standard InChI is InChI=1S/C17H29N/c1-17(2,3)14-8-11-16(18-4)13-12-15-9-6-5-7-10-15/h5-7,9-10,16,18H,8,11-14H2,1-4H3. The average Bonchev–Trinajstić information content (AvgIpc) is 2.33. The van der Waals surface area contributed by atoms with Gasteiger partial charge in [-0.1, -0.05) is 57.5 Å². The molecule has 1 nitrogen and oxygen atoms in total. The molecule has 1 atom stereocenters. The van der Waals surface area contributed by atoms with E-state index in [4.69, 9.17) is 0 Å². The molecule has 0 spiro atoms. The summed E-state index contributed by atoms with van der Waals surface area (Å²) in [5.74, 6) is 0. The summed E-state index contributed by atoms with van der Waals surface area (Å²) in [5.41, 5.74) is 1.92. The van der Waals surface area contributed by atoms with Crippen molar-refractivity contribution < 1.29 is 0 Å². The first kappa shape index (κ1) is 15.2. The summed E-state index contributed by atoms with van der Waals surface area (Å²) in [7, 11) is 2.09. The van der Waals surface area contributed by atoms with E-state index in [-0.39, 0.29) is 0 Å². The monoisotopic (exact) mass is 247 g/mol. The molecule has 0 saturated carbocycles. The number of hydrogen-bond donors (Lipinski definition) is 1. The van der Waals surface area contributed by atoms with Crippen molar-refractivity contribution >= 4 is 0 Å². The van der Waals surface area contributed by atoms with E-state index < -0.39 is 0 Å². The second kappa shape index (κ2) is 7.58. The summed E-state index contributed by atoms with van der Waals surface area (Å²) in [6.45, 7) is 6.97. The SMILES string of the molecule is CNC(CCCC(C)(C)C)CCc1ccccc1. The fraction of sp³-hybridized carbons (Fsp3) is 0.647. The van der Waals surface area contributed by atoms with Crippen LogP contribution in [0.5, 0.6) is 0 Å². The number of aryl methyl sites for hydroxylation is 1. The predicted octanol–water partition coefficient (Wildman–Crippen LogP) is 4.42. The molecule has 0 fully saturated rings. The van der Waals surface area contributed by atoms with Crippen LogP contribution in [0.15, 0.2) is 30.3 Å². The Hall–Kier alpha value is -0.820. The minimum Gasteiger partial charge on any atom is -0.317 e. The molecule has 0 saturated heterocycles. The molecular formula is C17H29N. The molecule has 102 valence electrons. The molecule has 1 aromatic carbocycles. The summed E-state index contributed by atoms with van der Waals surface area (Å²) < 4.78 is 0. The third-order valence-corrected chi connectivity index (χ3v) is 3.51. The second-order valence-electron chi connectivity index (χ2n) is 6.46. The highest BCUT2D eigenvalue weighted by Crippen LogP contribution is 2.22. The Balaban J connectivity index is 2.25. The molecule has 0 bridgehead atoms. The highest BCUT2D eigenvalue weighted by atomic mass is 14.9. The van der Waals surface area contributed by atoms with Crippen LogP contribution >= 0.6 is 0 Å². The van der Waals surface area contributed by atoms with Gasteiger partial charge in [0.2, 0.25) is 0 Å². The normalized spacial score (nSPS) is 13.6. The Morgan fingerprint density at radius 3 is 2.28 bits per heavy atom. The summed E-state index contributed by atoms with van der Waals surface area (Å²) in [6, 6.07) is 11.5. The number of nitrogens with one attached hydrogen (secondary N) is 1. The van der Waals surface area contributed by atoms with Crippen molar-refractivity contribution in [1.82, 2.24) is 5.32 Å². The maximum atomic E-state index is 3.46. The minimum absolute atomic E-state index is 0.470. The van der Waals surface area contributed by atoms with E-state index in [0.29, 0.717) is 11.5 Å². The lowest BCUT2D eigenvalue weighted by atomic mass is 9.88. The fourth-order valence-electron chi connectivity index (χ4n) is 2.30. The van der Waals surface area contributed by atoms with Crippen LogP contribution in [-0.2, 0) is 6.42 Å². The van der Waals surface area contributed by atoms with Gasteiger partial charge in [-0.05, 0) is 43.7 Å². The zero-order valence-corrected chi connectivity index (χ0v) is 12.5. The van der Waals surface area contributed by atoms with Gasteiger partial charge >= 0.3 is 0 Å². The molecule has 1 N–H and O–H groups in total. The zero-order valence-electron chi connectivity index (χ0n) is 12.5. The molecule has 0 heterocycles. The van der Waals surface area contributed by atoms with E-state index in [1.165, 1.54) is 37.7 Å². The van der Waals surface area contributed by atoms with E-state index >= 15 is 0 Å². The van der Waals surface area contributed by atoms with Crippen LogP contribution in [0.4, 0.5) is 0 Å². The van der Waals surface area contributed by atoms with Gasteiger partial charge in [-0.2, -0.15) is 0 Å². The molecule has 18 heavy (non-hydrogen) atoms. The van der Waals surface area contributed by atoms with Crippen LogP contribution in [0.25, 0.3) is 0 Å². The topological polar surface area (TPSA) is 12.0 Å². The number of benzene rings is 1. The largest absolute Gasteiger partial charge is 0.317 e. The molecule has 0 aliphatic rings. The molecule has 1 aromatic rings. The smallest absolute Gasteiger partial charge is 0.00672 e.